The highest BCUT2D eigenvalue weighted by atomic mass is 16.4. The molecule has 1 unspecified atom stereocenters. The first kappa shape index (κ1) is 16.8. The number of amides is 2. The van der Waals surface area contributed by atoms with Gasteiger partial charge in [-0.25, -0.2) is 4.79 Å². The Morgan fingerprint density at radius 3 is 2.10 bits per heavy atom. The number of rotatable bonds is 3. The molecule has 1 fully saturated rings. The van der Waals surface area contributed by atoms with Crippen molar-refractivity contribution in [3.8, 4) is 0 Å². The van der Waals surface area contributed by atoms with Crippen molar-refractivity contribution >= 4 is 12.0 Å². The van der Waals surface area contributed by atoms with E-state index in [4.69, 9.17) is 0 Å². The minimum atomic E-state index is -1.10. The second kappa shape index (κ2) is 6.43. The van der Waals surface area contributed by atoms with E-state index in [0.717, 1.165) is 12.8 Å². The average molecular weight is 286 g/mol. The number of carbonyl (C=O) groups is 2. The van der Waals surface area contributed by atoms with Crippen LogP contribution < -0.4 is 5.32 Å². The van der Waals surface area contributed by atoms with Gasteiger partial charge in [0.05, 0.1) is 6.10 Å². The molecule has 2 amide bonds. The van der Waals surface area contributed by atoms with Gasteiger partial charge in [-0.2, -0.15) is 0 Å². The summed E-state index contributed by atoms with van der Waals surface area (Å²) in [6, 6.07) is -0.705. The smallest absolute Gasteiger partial charge is 0.408 e. The molecule has 0 spiro atoms. The first-order valence-corrected chi connectivity index (χ1v) is 7.13. The summed E-state index contributed by atoms with van der Waals surface area (Å²) in [7, 11) is 0. The van der Waals surface area contributed by atoms with Crippen LogP contribution in [0.3, 0.4) is 0 Å². The third-order valence-electron chi connectivity index (χ3n) is 3.74. The number of aliphatic hydroxyl groups is 1. The molecule has 0 radical (unpaired) electrons. The minimum absolute atomic E-state index is 0.0314. The Morgan fingerprint density at radius 1 is 1.20 bits per heavy atom. The summed E-state index contributed by atoms with van der Waals surface area (Å²) in [5.74, 6) is -0.274. The third-order valence-corrected chi connectivity index (χ3v) is 3.74. The van der Waals surface area contributed by atoms with Crippen molar-refractivity contribution in [1.82, 2.24) is 10.2 Å². The maximum absolute atomic E-state index is 12.2. The lowest BCUT2D eigenvalue weighted by Gasteiger charge is -2.38. The molecule has 6 nitrogen and oxygen atoms in total. The lowest BCUT2D eigenvalue weighted by atomic mass is 9.93. The maximum atomic E-state index is 12.2. The van der Waals surface area contributed by atoms with Gasteiger partial charge in [-0.15, -0.1) is 0 Å². The summed E-state index contributed by atoms with van der Waals surface area (Å²) in [4.78, 5) is 24.7. The van der Waals surface area contributed by atoms with E-state index in [2.05, 4.69) is 5.32 Å². The topological polar surface area (TPSA) is 89.9 Å². The Bertz CT molecular complexity index is 357. The highest BCUT2D eigenvalue weighted by Gasteiger charge is 2.35. The normalized spacial score (nSPS) is 24.9. The largest absolute Gasteiger partial charge is 0.465 e. The molecule has 1 rings (SSSR count). The Labute approximate surface area is 120 Å². The lowest BCUT2D eigenvalue weighted by Crippen LogP contribution is -2.57. The van der Waals surface area contributed by atoms with Crippen LogP contribution in [-0.4, -0.2) is 50.8 Å². The van der Waals surface area contributed by atoms with Crippen molar-refractivity contribution in [1.29, 1.82) is 0 Å². The molecule has 0 aliphatic heterocycles. The van der Waals surface area contributed by atoms with E-state index < -0.39 is 17.7 Å². The molecule has 0 aromatic heterocycles. The summed E-state index contributed by atoms with van der Waals surface area (Å²) in [6.45, 7) is 6.90. The van der Waals surface area contributed by atoms with Gasteiger partial charge in [0.25, 0.3) is 0 Å². The maximum Gasteiger partial charge on any atom is 0.408 e. The van der Waals surface area contributed by atoms with E-state index >= 15 is 0 Å². The fourth-order valence-electron chi connectivity index (χ4n) is 2.69. The quantitative estimate of drug-likeness (QED) is 0.734. The summed E-state index contributed by atoms with van der Waals surface area (Å²) < 4.78 is 0. The summed E-state index contributed by atoms with van der Waals surface area (Å²) >= 11 is 0. The monoisotopic (exact) mass is 286 g/mol. The Kier molecular flexibility index (Phi) is 5.39. The number of hydrogen-bond donors (Lipinski definition) is 3. The number of carbonyl (C=O) groups excluding carboxylic acids is 1. The number of nitrogens with zero attached hydrogens (tertiary/aromatic N) is 1. The molecule has 0 heterocycles. The SMILES string of the molecule is CC(C(=O)NC1CCC(O)CC1)N(C(=O)O)C(C)(C)C. The van der Waals surface area contributed by atoms with Gasteiger partial charge in [-0.3, -0.25) is 9.69 Å². The molecule has 1 aliphatic rings. The first-order chi connectivity index (χ1) is 9.12. The lowest BCUT2D eigenvalue weighted by molar-refractivity contribution is -0.128. The van der Waals surface area contributed by atoms with Crippen molar-refractivity contribution in [2.24, 2.45) is 0 Å². The molecule has 0 aromatic carbocycles. The van der Waals surface area contributed by atoms with Crippen molar-refractivity contribution in [3.05, 3.63) is 0 Å². The summed E-state index contributed by atoms with van der Waals surface area (Å²) in [5.41, 5.74) is -0.634. The van der Waals surface area contributed by atoms with E-state index in [9.17, 15) is 19.8 Å². The fourth-order valence-corrected chi connectivity index (χ4v) is 2.69. The van der Waals surface area contributed by atoms with Crippen LogP contribution in [0.2, 0.25) is 0 Å². The van der Waals surface area contributed by atoms with Gasteiger partial charge >= 0.3 is 6.09 Å². The van der Waals surface area contributed by atoms with Crippen molar-refractivity contribution in [2.45, 2.75) is 77.1 Å². The van der Waals surface area contributed by atoms with Gasteiger partial charge in [0.1, 0.15) is 6.04 Å². The van der Waals surface area contributed by atoms with Crippen LogP contribution in [0.5, 0.6) is 0 Å². The van der Waals surface area contributed by atoms with E-state index in [1.165, 1.54) is 4.90 Å². The van der Waals surface area contributed by atoms with Gasteiger partial charge in [-0.1, -0.05) is 0 Å². The fraction of sp³-hybridized carbons (Fsp3) is 0.857. The average Bonchev–Trinajstić information content (AvgIpc) is 2.29. The Balaban J connectivity index is 2.63. The van der Waals surface area contributed by atoms with Crippen LogP contribution in [0, 0.1) is 0 Å². The van der Waals surface area contributed by atoms with E-state index in [1.54, 1.807) is 27.7 Å². The molecule has 0 saturated heterocycles. The highest BCUT2D eigenvalue weighted by Crippen LogP contribution is 2.20. The number of nitrogens with one attached hydrogen (secondary N) is 1. The second-order valence-electron chi connectivity index (χ2n) is 6.51. The molecule has 1 atom stereocenters. The van der Waals surface area contributed by atoms with E-state index in [0.29, 0.717) is 12.8 Å². The number of carboxylic acid groups (broad SMARTS) is 1. The van der Waals surface area contributed by atoms with Gasteiger partial charge in [0.2, 0.25) is 5.91 Å². The van der Waals surface area contributed by atoms with Crippen LogP contribution in [0.15, 0.2) is 0 Å². The first-order valence-electron chi connectivity index (χ1n) is 7.13. The molecular formula is C14H26N2O4. The Hall–Kier alpha value is -1.30. The van der Waals surface area contributed by atoms with Crippen LogP contribution >= 0.6 is 0 Å². The van der Waals surface area contributed by atoms with Gasteiger partial charge in [-0.05, 0) is 53.4 Å². The van der Waals surface area contributed by atoms with E-state index in [-0.39, 0.29) is 18.1 Å². The molecular weight excluding hydrogens is 260 g/mol. The zero-order valence-electron chi connectivity index (χ0n) is 12.7. The van der Waals surface area contributed by atoms with Crippen molar-refractivity contribution < 1.29 is 19.8 Å². The minimum Gasteiger partial charge on any atom is -0.465 e. The molecule has 20 heavy (non-hydrogen) atoms. The summed E-state index contributed by atoms with van der Waals surface area (Å²) in [5, 5.41) is 21.6. The highest BCUT2D eigenvalue weighted by molar-refractivity contribution is 5.85. The van der Waals surface area contributed by atoms with E-state index in [1.807, 2.05) is 0 Å². The molecule has 1 saturated carbocycles. The second-order valence-corrected chi connectivity index (χ2v) is 6.51. The molecule has 0 aromatic rings. The Morgan fingerprint density at radius 2 is 1.70 bits per heavy atom. The van der Waals surface area contributed by atoms with Gasteiger partial charge in [0.15, 0.2) is 0 Å². The molecule has 116 valence electrons. The number of aliphatic hydroxyl groups excluding tert-OH is 1. The predicted molar refractivity (Wildman–Crippen MR) is 75.5 cm³/mol. The van der Waals surface area contributed by atoms with Crippen LogP contribution in [0.4, 0.5) is 4.79 Å². The van der Waals surface area contributed by atoms with Crippen LogP contribution in [0.25, 0.3) is 0 Å². The predicted octanol–water partition coefficient (Wildman–Crippen LogP) is 1.57. The van der Waals surface area contributed by atoms with Crippen molar-refractivity contribution in [2.75, 3.05) is 0 Å². The molecule has 1 aliphatic carbocycles. The third kappa shape index (κ3) is 4.37. The number of hydrogen-bond acceptors (Lipinski definition) is 3. The van der Waals surface area contributed by atoms with Gasteiger partial charge in [0, 0.05) is 11.6 Å². The molecule has 6 heteroatoms. The van der Waals surface area contributed by atoms with Crippen LogP contribution in [-0.2, 0) is 4.79 Å². The zero-order chi connectivity index (χ0) is 15.5. The zero-order valence-corrected chi connectivity index (χ0v) is 12.7. The summed E-state index contributed by atoms with van der Waals surface area (Å²) in [6.07, 6.45) is 1.47. The molecule has 0 bridgehead atoms. The van der Waals surface area contributed by atoms with Gasteiger partial charge < -0.3 is 15.5 Å². The van der Waals surface area contributed by atoms with Crippen molar-refractivity contribution in [3.63, 3.8) is 0 Å². The molecule has 3 N–H and O–H groups in total. The standard InChI is InChI=1S/C14H26N2O4/c1-9(16(13(19)20)14(2,3)4)12(18)15-10-5-7-11(17)8-6-10/h9-11,17H,5-8H2,1-4H3,(H,15,18)(H,19,20). The van der Waals surface area contributed by atoms with Crippen LogP contribution in [0.1, 0.15) is 53.4 Å².